The van der Waals surface area contributed by atoms with Gasteiger partial charge in [0, 0.05) is 23.9 Å². The molecule has 0 unspecified atom stereocenters. The molecule has 0 amide bonds. The molecular formula is C24H24F3N7O. The second kappa shape index (κ2) is 9.95. The fourth-order valence-corrected chi connectivity index (χ4v) is 4.06. The zero-order valence-corrected chi connectivity index (χ0v) is 19.1. The number of alkyl halides is 2. The van der Waals surface area contributed by atoms with Gasteiger partial charge in [-0.25, -0.2) is 9.07 Å². The Labute approximate surface area is 199 Å². The van der Waals surface area contributed by atoms with Gasteiger partial charge in [0.05, 0.1) is 18.4 Å². The fraction of sp³-hybridized carbons (Fsp3) is 0.375. The molecule has 0 atom stereocenters. The largest absolute Gasteiger partial charge is 0.415 e. The predicted octanol–water partition coefficient (Wildman–Crippen LogP) is 4.75. The zero-order valence-electron chi connectivity index (χ0n) is 19.1. The van der Waals surface area contributed by atoms with Crippen LogP contribution in [0.2, 0.25) is 0 Å². The summed E-state index contributed by atoms with van der Waals surface area (Å²) in [6.07, 6.45) is 3.14. The number of aromatic nitrogens is 6. The second-order valence-electron chi connectivity index (χ2n) is 8.86. The standard InChI is InChI=1S/C24H24F3N7O/c1-15-6-8-33(9-7-15)12-16-2-5-20(28-11-16)21-14-34(32-29-21)13-18-4-3-17(10-19(18)25)23-30-31-24(35-23)22(26)27/h2-5,10-11,14-15,22H,6-9,12-13H2,1H3. The topological polar surface area (TPSA) is 85.8 Å². The number of hydrogen-bond acceptors (Lipinski definition) is 7. The van der Waals surface area contributed by atoms with Gasteiger partial charge in [-0.05, 0) is 55.6 Å². The molecule has 182 valence electrons. The summed E-state index contributed by atoms with van der Waals surface area (Å²) in [6, 6.07) is 8.19. The summed E-state index contributed by atoms with van der Waals surface area (Å²) in [5.74, 6) is -0.723. The van der Waals surface area contributed by atoms with E-state index in [9.17, 15) is 13.2 Å². The molecule has 1 aliphatic rings. The van der Waals surface area contributed by atoms with Gasteiger partial charge in [0.2, 0.25) is 5.89 Å². The van der Waals surface area contributed by atoms with Crippen molar-refractivity contribution in [3.8, 4) is 22.8 Å². The van der Waals surface area contributed by atoms with Crippen molar-refractivity contribution in [2.75, 3.05) is 13.1 Å². The van der Waals surface area contributed by atoms with Crippen LogP contribution in [-0.2, 0) is 13.1 Å². The van der Waals surface area contributed by atoms with Crippen LogP contribution in [0.3, 0.4) is 0 Å². The Morgan fingerprint density at radius 3 is 2.54 bits per heavy atom. The Bertz CT molecular complexity index is 1280. The van der Waals surface area contributed by atoms with E-state index in [1.54, 1.807) is 6.20 Å². The van der Waals surface area contributed by atoms with Crippen LogP contribution >= 0.6 is 0 Å². The smallest absolute Gasteiger partial charge is 0.314 e. The maximum absolute atomic E-state index is 14.7. The molecule has 1 fully saturated rings. The molecule has 3 aromatic heterocycles. The monoisotopic (exact) mass is 483 g/mol. The minimum atomic E-state index is -2.88. The van der Waals surface area contributed by atoms with E-state index in [-0.39, 0.29) is 18.0 Å². The van der Waals surface area contributed by atoms with Crippen molar-refractivity contribution >= 4 is 0 Å². The van der Waals surface area contributed by atoms with Gasteiger partial charge >= 0.3 is 6.43 Å². The van der Waals surface area contributed by atoms with Crippen LogP contribution in [0.1, 0.15) is 43.2 Å². The summed E-state index contributed by atoms with van der Waals surface area (Å²) < 4.78 is 46.3. The molecule has 0 spiro atoms. The van der Waals surface area contributed by atoms with Gasteiger partial charge in [-0.2, -0.15) is 8.78 Å². The minimum Gasteiger partial charge on any atom is -0.415 e. The van der Waals surface area contributed by atoms with Crippen LogP contribution in [0.15, 0.2) is 47.1 Å². The summed E-state index contributed by atoms with van der Waals surface area (Å²) in [4.78, 5) is 6.98. The Morgan fingerprint density at radius 2 is 1.86 bits per heavy atom. The molecule has 0 N–H and O–H groups in total. The van der Waals surface area contributed by atoms with E-state index in [0.717, 1.165) is 31.1 Å². The lowest BCUT2D eigenvalue weighted by Gasteiger charge is -2.30. The van der Waals surface area contributed by atoms with E-state index in [1.807, 2.05) is 12.3 Å². The molecule has 0 aliphatic carbocycles. The van der Waals surface area contributed by atoms with Crippen LogP contribution < -0.4 is 0 Å². The molecule has 35 heavy (non-hydrogen) atoms. The number of piperidine rings is 1. The number of benzene rings is 1. The van der Waals surface area contributed by atoms with Crippen LogP contribution in [0.5, 0.6) is 0 Å². The van der Waals surface area contributed by atoms with E-state index in [1.165, 1.54) is 35.7 Å². The number of hydrogen-bond donors (Lipinski definition) is 0. The molecular weight excluding hydrogens is 459 g/mol. The van der Waals surface area contributed by atoms with Crippen molar-refractivity contribution in [2.45, 2.75) is 39.3 Å². The normalized spacial score (nSPS) is 15.2. The molecule has 4 aromatic rings. The van der Waals surface area contributed by atoms with Gasteiger partial charge in [0.25, 0.3) is 5.89 Å². The molecule has 8 nitrogen and oxygen atoms in total. The molecule has 5 rings (SSSR count). The number of pyridine rings is 1. The molecule has 0 radical (unpaired) electrons. The van der Waals surface area contributed by atoms with E-state index >= 15 is 0 Å². The van der Waals surface area contributed by atoms with Gasteiger partial charge in [0.1, 0.15) is 11.5 Å². The molecule has 1 aromatic carbocycles. The quantitative estimate of drug-likeness (QED) is 0.375. The molecule has 0 bridgehead atoms. The average molecular weight is 483 g/mol. The van der Waals surface area contributed by atoms with E-state index in [4.69, 9.17) is 4.42 Å². The maximum atomic E-state index is 14.7. The van der Waals surface area contributed by atoms with Crippen molar-refractivity contribution in [1.82, 2.24) is 35.1 Å². The second-order valence-corrected chi connectivity index (χ2v) is 8.86. The number of rotatable bonds is 7. The fourth-order valence-electron chi connectivity index (χ4n) is 4.06. The van der Waals surface area contributed by atoms with Crippen molar-refractivity contribution in [1.29, 1.82) is 0 Å². The molecule has 0 saturated carbocycles. The van der Waals surface area contributed by atoms with Gasteiger partial charge in [-0.15, -0.1) is 15.3 Å². The maximum Gasteiger partial charge on any atom is 0.314 e. The minimum absolute atomic E-state index is 0.136. The molecule has 4 heterocycles. The van der Waals surface area contributed by atoms with Gasteiger partial charge in [-0.3, -0.25) is 9.88 Å². The third kappa shape index (κ3) is 5.40. The predicted molar refractivity (Wildman–Crippen MR) is 121 cm³/mol. The molecule has 1 aliphatic heterocycles. The summed E-state index contributed by atoms with van der Waals surface area (Å²) in [5, 5.41) is 15.0. The first-order chi connectivity index (χ1) is 16.9. The van der Waals surface area contributed by atoms with Crippen LogP contribution in [-0.4, -0.2) is 48.2 Å². The lowest BCUT2D eigenvalue weighted by molar-refractivity contribution is 0.116. The number of halogens is 3. The molecule has 11 heteroatoms. The summed E-state index contributed by atoms with van der Waals surface area (Å²) in [6.45, 7) is 5.54. The number of likely N-dealkylation sites (tertiary alicyclic amines) is 1. The Kier molecular flexibility index (Phi) is 6.58. The van der Waals surface area contributed by atoms with Crippen molar-refractivity contribution in [2.24, 2.45) is 5.92 Å². The van der Waals surface area contributed by atoms with E-state index in [2.05, 4.69) is 43.4 Å². The molecule has 1 saturated heterocycles. The Balaban J connectivity index is 1.23. The highest BCUT2D eigenvalue weighted by Gasteiger charge is 2.18. The van der Waals surface area contributed by atoms with Crippen LogP contribution in [0.4, 0.5) is 13.2 Å². The van der Waals surface area contributed by atoms with Gasteiger partial charge in [-0.1, -0.05) is 24.3 Å². The lowest BCUT2D eigenvalue weighted by Crippen LogP contribution is -2.32. The van der Waals surface area contributed by atoms with Crippen LogP contribution in [0.25, 0.3) is 22.8 Å². The third-order valence-electron chi connectivity index (χ3n) is 6.17. The van der Waals surface area contributed by atoms with Crippen LogP contribution in [0, 0.1) is 11.7 Å². The van der Waals surface area contributed by atoms with Gasteiger partial charge < -0.3 is 4.42 Å². The highest BCUT2D eigenvalue weighted by Crippen LogP contribution is 2.25. The highest BCUT2D eigenvalue weighted by molar-refractivity contribution is 5.54. The first kappa shape index (κ1) is 23.2. The Hall–Kier alpha value is -3.60. The SMILES string of the molecule is CC1CCN(Cc2ccc(-c3cn(Cc4ccc(-c5nnc(C(F)F)o5)cc4F)nn3)nc2)CC1. The number of nitrogens with zero attached hydrogens (tertiary/aromatic N) is 7. The lowest BCUT2D eigenvalue weighted by atomic mass is 9.99. The highest BCUT2D eigenvalue weighted by atomic mass is 19.3. The van der Waals surface area contributed by atoms with E-state index in [0.29, 0.717) is 17.0 Å². The van der Waals surface area contributed by atoms with Crippen molar-refractivity contribution < 1.29 is 17.6 Å². The average Bonchev–Trinajstić information content (AvgIpc) is 3.53. The first-order valence-corrected chi connectivity index (χ1v) is 11.4. The first-order valence-electron chi connectivity index (χ1n) is 11.4. The van der Waals surface area contributed by atoms with Gasteiger partial charge in [0.15, 0.2) is 0 Å². The zero-order chi connectivity index (χ0) is 24.4. The summed E-state index contributed by atoms with van der Waals surface area (Å²) in [7, 11) is 0. The Morgan fingerprint density at radius 1 is 1.03 bits per heavy atom. The van der Waals surface area contributed by atoms with Crippen molar-refractivity contribution in [3.63, 3.8) is 0 Å². The van der Waals surface area contributed by atoms with Crippen molar-refractivity contribution in [3.05, 3.63) is 65.6 Å². The third-order valence-corrected chi connectivity index (χ3v) is 6.17. The summed E-state index contributed by atoms with van der Waals surface area (Å²) >= 11 is 0. The summed E-state index contributed by atoms with van der Waals surface area (Å²) in [5.41, 5.74) is 2.99. The van der Waals surface area contributed by atoms with E-state index < -0.39 is 18.1 Å².